The van der Waals surface area contributed by atoms with Crippen LogP contribution in [0, 0.1) is 5.92 Å². The predicted molar refractivity (Wildman–Crippen MR) is 106 cm³/mol. The van der Waals surface area contributed by atoms with Crippen molar-refractivity contribution in [2.75, 3.05) is 7.11 Å². The van der Waals surface area contributed by atoms with Gasteiger partial charge in [0.1, 0.15) is 29.3 Å². The lowest BCUT2D eigenvalue weighted by atomic mass is 9.85. The highest BCUT2D eigenvalue weighted by molar-refractivity contribution is 5.97. The molecule has 1 aliphatic heterocycles. The second-order valence-corrected chi connectivity index (χ2v) is 7.41. The van der Waals surface area contributed by atoms with Gasteiger partial charge >= 0.3 is 5.97 Å². The van der Waals surface area contributed by atoms with Gasteiger partial charge in [0.25, 0.3) is 0 Å². The molecule has 0 spiro atoms. The number of hydrogen-bond donors (Lipinski definition) is 3. The Morgan fingerprint density at radius 2 is 1.86 bits per heavy atom. The van der Waals surface area contributed by atoms with E-state index in [0.29, 0.717) is 17.7 Å². The van der Waals surface area contributed by atoms with Gasteiger partial charge in [-0.1, -0.05) is 24.6 Å². The Morgan fingerprint density at radius 3 is 2.62 bits per heavy atom. The first kappa shape index (κ1) is 21.1. The molecule has 1 aromatic rings. The topological polar surface area (TPSA) is 113 Å². The molecule has 1 heterocycles. The van der Waals surface area contributed by atoms with Crippen molar-refractivity contribution in [2.24, 2.45) is 5.92 Å². The van der Waals surface area contributed by atoms with Crippen LogP contribution in [0.1, 0.15) is 48.0 Å². The normalized spacial score (nSPS) is 30.3. The van der Waals surface area contributed by atoms with E-state index in [1.165, 1.54) is 31.4 Å². The van der Waals surface area contributed by atoms with Crippen molar-refractivity contribution >= 4 is 17.8 Å². The number of hydrogen-bond acceptors (Lipinski definition) is 7. The number of carbonyl (C=O) groups excluding carboxylic acids is 2. The molecule has 7 heteroatoms. The number of carbonyl (C=O) groups is 2. The van der Waals surface area contributed by atoms with Gasteiger partial charge in [0.15, 0.2) is 5.78 Å². The highest BCUT2D eigenvalue weighted by Gasteiger charge is 2.30. The number of benzene rings is 1. The number of phenols is 1. The summed E-state index contributed by atoms with van der Waals surface area (Å²) in [6.07, 6.45) is 5.87. The Morgan fingerprint density at radius 1 is 1.10 bits per heavy atom. The van der Waals surface area contributed by atoms with Gasteiger partial charge in [0.05, 0.1) is 13.2 Å². The van der Waals surface area contributed by atoms with E-state index in [9.17, 15) is 24.9 Å². The van der Waals surface area contributed by atoms with Crippen LogP contribution in [0.2, 0.25) is 0 Å². The van der Waals surface area contributed by atoms with Crippen molar-refractivity contribution in [1.82, 2.24) is 0 Å². The van der Waals surface area contributed by atoms with Crippen LogP contribution in [0.5, 0.6) is 11.5 Å². The van der Waals surface area contributed by atoms with Crippen LogP contribution in [0.4, 0.5) is 0 Å². The number of aliphatic hydroxyl groups excluding tert-OH is 2. The molecule has 3 N–H and O–H groups in total. The number of fused-ring (bicyclic) bond motifs is 2. The molecule has 0 bridgehead atoms. The summed E-state index contributed by atoms with van der Waals surface area (Å²) >= 11 is 0. The van der Waals surface area contributed by atoms with Crippen LogP contribution in [0.3, 0.4) is 0 Å². The van der Waals surface area contributed by atoms with Crippen LogP contribution in [0.25, 0.3) is 6.08 Å². The maximum Gasteiger partial charge on any atom is 0.342 e. The number of ether oxygens (including phenoxy) is 2. The molecule has 1 fully saturated rings. The van der Waals surface area contributed by atoms with E-state index >= 15 is 0 Å². The van der Waals surface area contributed by atoms with E-state index < -0.39 is 30.1 Å². The van der Waals surface area contributed by atoms with Crippen molar-refractivity contribution in [3.8, 4) is 11.5 Å². The molecule has 0 amide bonds. The van der Waals surface area contributed by atoms with Crippen LogP contribution >= 0.6 is 0 Å². The van der Waals surface area contributed by atoms with Crippen LogP contribution in [-0.2, 0) is 9.53 Å². The van der Waals surface area contributed by atoms with Crippen LogP contribution in [0.15, 0.2) is 30.4 Å². The lowest BCUT2D eigenvalue weighted by molar-refractivity contribution is -0.127. The minimum atomic E-state index is -1.54. The molecule has 29 heavy (non-hydrogen) atoms. The number of aromatic hydroxyl groups is 1. The van der Waals surface area contributed by atoms with Crippen molar-refractivity contribution in [1.29, 1.82) is 0 Å². The fourth-order valence-electron chi connectivity index (χ4n) is 3.75. The fourth-order valence-corrected chi connectivity index (χ4v) is 3.75. The van der Waals surface area contributed by atoms with E-state index in [1.54, 1.807) is 12.1 Å². The average molecular weight is 402 g/mol. The fraction of sp³-hybridized carbons (Fsp3) is 0.455. The average Bonchev–Trinajstić information content (AvgIpc) is 2.71. The first-order valence-corrected chi connectivity index (χ1v) is 9.77. The third-order valence-corrected chi connectivity index (χ3v) is 5.41. The zero-order valence-corrected chi connectivity index (χ0v) is 16.3. The van der Waals surface area contributed by atoms with Gasteiger partial charge in [-0.05, 0) is 43.4 Å². The third kappa shape index (κ3) is 4.86. The van der Waals surface area contributed by atoms with E-state index in [2.05, 4.69) is 0 Å². The van der Waals surface area contributed by atoms with Gasteiger partial charge in [-0.2, -0.15) is 0 Å². The van der Waals surface area contributed by atoms with Crippen LogP contribution < -0.4 is 4.74 Å². The smallest absolute Gasteiger partial charge is 0.342 e. The van der Waals surface area contributed by atoms with Gasteiger partial charge in [-0.3, -0.25) is 4.79 Å². The molecule has 0 aromatic heterocycles. The monoisotopic (exact) mass is 402 g/mol. The Labute approximate surface area is 169 Å². The Kier molecular flexibility index (Phi) is 6.71. The summed E-state index contributed by atoms with van der Waals surface area (Å²) in [5.41, 5.74) is 0.373. The molecule has 1 aromatic carbocycles. The summed E-state index contributed by atoms with van der Waals surface area (Å²) < 4.78 is 10.9. The highest BCUT2D eigenvalue weighted by Crippen LogP contribution is 2.33. The summed E-state index contributed by atoms with van der Waals surface area (Å²) in [5, 5.41) is 30.6. The van der Waals surface area contributed by atoms with Crippen molar-refractivity contribution in [2.45, 2.75) is 50.4 Å². The highest BCUT2D eigenvalue weighted by atomic mass is 16.5. The number of aliphatic hydroxyl groups is 2. The predicted octanol–water partition coefficient (Wildman–Crippen LogP) is 2.38. The molecule has 1 saturated carbocycles. The molecule has 0 saturated heterocycles. The van der Waals surface area contributed by atoms with Crippen LogP contribution in [-0.4, -0.2) is 52.5 Å². The molecular formula is C22H26O7. The Balaban J connectivity index is 2.03. The summed E-state index contributed by atoms with van der Waals surface area (Å²) in [7, 11) is 1.44. The largest absolute Gasteiger partial charge is 0.507 e. The van der Waals surface area contributed by atoms with E-state index in [-0.39, 0.29) is 23.7 Å². The second kappa shape index (κ2) is 9.24. The molecule has 1 aliphatic carbocycles. The van der Waals surface area contributed by atoms with Gasteiger partial charge in [0, 0.05) is 12.0 Å². The number of ketones is 1. The molecule has 2 aliphatic rings. The molecular weight excluding hydrogens is 376 g/mol. The van der Waals surface area contributed by atoms with Gasteiger partial charge in [-0.15, -0.1) is 0 Å². The lowest BCUT2D eigenvalue weighted by Gasteiger charge is -2.29. The first-order valence-electron chi connectivity index (χ1n) is 9.77. The zero-order valence-electron chi connectivity index (χ0n) is 16.3. The summed E-state index contributed by atoms with van der Waals surface area (Å²) in [6.45, 7) is 0. The minimum absolute atomic E-state index is 0.0125. The molecule has 7 nitrogen and oxygen atoms in total. The van der Waals surface area contributed by atoms with E-state index in [4.69, 9.17) is 9.47 Å². The van der Waals surface area contributed by atoms with E-state index in [1.807, 2.05) is 0 Å². The minimum Gasteiger partial charge on any atom is -0.507 e. The van der Waals surface area contributed by atoms with E-state index in [0.717, 1.165) is 19.3 Å². The number of esters is 1. The Bertz CT molecular complexity index is 827. The second-order valence-electron chi connectivity index (χ2n) is 7.41. The molecule has 156 valence electrons. The first-order chi connectivity index (χ1) is 13.9. The van der Waals surface area contributed by atoms with Gasteiger partial charge in [0.2, 0.25) is 0 Å². The summed E-state index contributed by atoms with van der Waals surface area (Å²) in [6, 6.07) is 2.91. The maximum atomic E-state index is 12.9. The SMILES string of the molecule is COc1cc(O)c2c(c1)/C=C/C[C@H](O)[C@H](O)C(=O)/C=C\[C@H]1CCCC[C@@H]1OC2=O. The van der Waals surface area contributed by atoms with Gasteiger partial charge in [-0.25, -0.2) is 4.79 Å². The van der Waals surface area contributed by atoms with Crippen molar-refractivity contribution in [3.63, 3.8) is 0 Å². The third-order valence-electron chi connectivity index (χ3n) is 5.41. The molecule has 0 radical (unpaired) electrons. The molecule has 4 atom stereocenters. The van der Waals surface area contributed by atoms with Gasteiger partial charge < -0.3 is 24.8 Å². The number of phenolic OH excluding ortho intramolecular Hbond substituents is 1. The molecule has 0 unspecified atom stereocenters. The van der Waals surface area contributed by atoms with Crippen molar-refractivity contribution < 1.29 is 34.4 Å². The standard InChI is InChI=1S/C22H26O7/c1-28-15-11-14-6-4-7-16(23)21(26)17(24)10-9-13-5-2-3-8-19(13)29-22(27)20(14)18(25)12-15/h4,6,9-13,16,19,21,23,25-26H,2-3,5,7-8H2,1H3/b6-4+,10-9-/t13-,16+,19+,21+/m1/s1. The number of methoxy groups -OCH3 is 1. The zero-order chi connectivity index (χ0) is 21.0. The van der Waals surface area contributed by atoms with Crippen molar-refractivity contribution in [3.05, 3.63) is 41.5 Å². The lowest BCUT2D eigenvalue weighted by Crippen LogP contribution is -2.33. The number of rotatable bonds is 1. The quantitative estimate of drug-likeness (QED) is 0.618. The summed E-state index contributed by atoms with van der Waals surface area (Å²) in [5.74, 6) is -1.32. The molecule has 3 rings (SSSR count). The Hall–Kier alpha value is -2.64. The summed E-state index contributed by atoms with van der Waals surface area (Å²) in [4.78, 5) is 25.1. The maximum absolute atomic E-state index is 12.9.